The number of aromatic nitrogens is 2. The highest BCUT2D eigenvalue weighted by atomic mass is 15.1. The van der Waals surface area contributed by atoms with Gasteiger partial charge in [0.05, 0.1) is 0 Å². The van der Waals surface area contributed by atoms with E-state index in [9.17, 15) is 0 Å². The highest BCUT2D eigenvalue weighted by molar-refractivity contribution is 5.64. The van der Waals surface area contributed by atoms with Crippen LogP contribution < -0.4 is 15.5 Å². The predicted molar refractivity (Wildman–Crippen MR) is 110 cm³/mol. The second kappa shape index (κ2) is 7.87. The number of hydrogen-bond donors (Lipinski definition) is 2. The molecule has 0 bridgehead atoms. The zero-order valence-corrected chi connectivity index (χ0v) is 15.7. The molecular formula is C21H25N5. The molecule has 1 heterocycles. The van der Waals surface area contributed by atoms with Crippen molar-refractivity contribution in [2.24, 2.45) is 0 Å². The van der Waals surface area contributed by atoms with Crippen LogP contribution in [0.5, 0.6) is 0 Å². The smallest absolute Gasteiger partial charge is 0.135 e. The summed E-state index contributed by atoms with van der Waals surface area (Å²) in [5, 5.41) is 6.63. The van der Waals surface area contributed by atoms with E-state index in [2.05, 4.69) is 75.7 Å². The van der Waals surface area contributed by atoms with Gasteiger partial charge in [-0.05, 0) is 47.9 Å². The monoisotopic (exact) mass is 347 g/mol. The molecule has 0 aliphatic rings. The van der Waals surface area contributed by atoms with Crippen molar-refractivity contribution < 1.29 is 0 Å². The molecule has 0 atom stereocenters. The third-order valence-electron chi connectivity index (χ3n) is 4.17. The van der Waals surface area contributed by atoms with E-state index in [0.717, 1.165) is 28.7 Å². The van der Waals surface area contributed by atoms with Gasteiger partial charge in [0, 0.05) is 37.2 Å². The number of hydrogen-bond acceptors (Lipinski definition) is 5. The maximum absolute atomic E-state index is 4.30. The highest BCUT2D eigenvalue weighted by Gasteiger charge is 2.03. The van der Waals surface area contributed by atoms with Crippen molar-refractivity contribution in [3.05, 3.63) is 66.5 Å². The Kier molecular flexibility index (Phi) is 5.37. The van der Waals surface area contributed by atoms with E-state index in [4.69, 9.17) is 0 Å². The van der Waals surface area contributed by atoms with Crippen LogP contribution in [0.1, 0.15) is 25.3 Å². The Hall–Kier alpha value is -3.08. The van der Waals surface area contributed by atoms with Crippen LogP contribution in [0.15, 0.2) is 60.9 Å². The van der Waals surface area contributed by atoms with Crippen LogP contribution in [0, 0.1) is 0 Å². The predicted octanol–water partition coefficient (Wildman–Crippen LogP) is 5.15. The Morgan fingerprint density at radius 2 is 1.27 bits per heavy atom. The topological polar surface area (TPSA) is 53.1 Å². The maximum atomic E-state index is 4.30. The molecule has 0 unspecified atom stereocenters. The Balaban J connectivity index is 1.69. The molecule has 0 amide bonds. The molecule has 3 rings (SSSR count). The fourth-order valence-corrected chi connectivity index (χ4v) is 2.58. The third-order valence-corrected chi connectivity index (χ3v) is 4.17. The second-order valence-electron chi connectivity index (χ2n) is 6.76. The van der Waals surface area contributed by atoms with Crippen LogP contribution in [0.2, 0.25) is 0 Å². The molecule has 0 aliphatic carbocycles. The number of anilines is 5. The van der Waals surface area contributed by atoms with E-state index in [1.54, 1.807) is 6.33 Å². The van der Waals surface area contributed by atoms with Gasteiger partial charge in [-0.2, -0.15) is 0 Å². The maximum Gasteiger partial charge on any atom is 0.135 e. The number of nitrogens with zero attached hydrogens (tertiary/aromatic N) is 3. The molecule has 0 fully saturated rings. The molecule has 3 aromatic rings. The van der Waals surface area contributed by atoms with Crippen LogP contribution in [0.25, 0.3) is 0 Å². The van der Waals surface area contributed by atoms with Crippen LogP contribution in [0.3, 0.4) is 0 Å². The van der Waals surface area contributed by atoms with Crippen LogP contribution in [-0.2, 0) is 0 Å². The molecule has 5 heteroatoms. The molecule has 134 valence electrons. The van der Waals surface area contributed by atoms with Gasteiger partial charge in [0.15, 0.2) is 0 Å². The summed E-state index contributed by atoms with van der Waals surface area (Å²) in [7, 11) is 4.05. The van der Waals surface area contributed by atoms with Crippen molar-refractivity contribution in [1.82, 2.24) is 9.97 Å². The quantitative estimate of drug-likeness (QED) is 0.645. The van der Waals surface area contributed by atoms with Gasteiger partial charge in [0.2, 0.25) is 0 Å². The summed E-state index contributed by atoms with van der Waals surface area (Å²) in [6.07, 6.45) is 1.56. The van der Waals surface area contributed by atoms with Crippen molar-refractivity contribution in [3.8, 4) is 0 Å². The second-order valence-corrected chi connectivity index (χ2v) is 6.76. The first-order valence-electron chi connectivity index (χ1n) is 8.75. The summed E-state index contributed by atoms with van der Waals surface area (Å²) in [4.78, 5) is 10.7. The van der Waals surface area contributed by atoms with E-state index >= 15 is 0 Å². The lowest BCUT2D eigenvalue weighted by Gasteiger charge is -2.13. The van der Waals surface area contributed by atoms with Gasteiger partial charge in [-0.15, -0.1) is 0 Å². The number of benzene rings is 2. The van der Waals surface area contributed by atoms with Crippen molar-refractivity contribution in [1.29, 1.82) is 0 Å². The van der Waals surface area contributed by atoms with Gasteiger partial charge in [-0.25, -0.2) is 9.97 Å². The van der Waals surface area contributed by atoms with Crippen molar-refractivity contribution in [2.75, 3.05) is 29.6 Å². The van der Waals surface area contributed by atoms with Gasteiger partial charge in [-0.3, -0.25) is 0 Å². The lowest BCUT2D eigenvalue weighted by molar-refractivity contribution is 0.867. The normalized spacial score (nSPS) is 10.7. The van der Waals surface area contributed by atoms with Crippen molar-refractivity contribution in [3.63, 3.8) is 0 Å². The average Bonchev–Trinajstić information content (AvgIpc) is 2.63. The summed E-state index contributed by atoms with van der Waals surface area (Å²) in [5.74, 6) is 2.03. The average molecular weight is 347 g/mol. The fraction of sp³-hybridized carbons (Fsp3) is 0.238. The minimum absolute atomic E-state index is 0.526. The molecular weight excluding hydrogens is 322 g/mol. The van der Waals surface area contributed by atoms with Crippen molar-refractivity contribution in [2.45, 2.75) is 19.8 Å². The van der Waals surface area contributed by atoms with Crippen molar-refractivity contribution >= 4 is 28.7 Å². The molecule has 0 saturated heterocycles. The van der Waals surface area contributed by atoms with Gasteiger partial charge in [0.1, 0.15) is 18.0 Å². The first-order valence-corrected chi connectivity index (χ1v) is 8.75. The largest absolute Gasteiger partial charge is 0.378 e. The van der Waals surface area contributed by atoms with E-state index in [1.807, 2.05) is 32.3 Å². The molecule has 2 N–H and O–H groups in total. The van der Waals surface area contributed by atoms with E-state index in [0.29, 0.717) is 5.92 Å². The summed E-state index contributed by atoms with van der Waals surface area (Å²) >= 11 is 0. The van der Waals surface area contributed by atoms with E-state index in [1.165, 1.54) is 5.56 Å². The molecule has 0 radical (unpaired) electrons. The molecule has 0 spiro atoms. The zero-order chi connectivity index (χ0) is 18.5. The standard InChI is InChI=1S/C21H25N5/c1-15(2)16-5-7-17(8-6-16)24-20-13-21(23-14-22-20)25-18-9-11-19(12-10-18)26(3)4/h5-15H,1-4H3,(H2,22,23,24,25). The minimum atomic E-state index is 0.526. The SMILES string of the molecule is CC(C)c1ccc(Nc2cc(Nc3ccc(N(C)C)cc3)ncn2)cc1. The Morgan fingerprint density at radius 1 is 0.769 bits per heavy atom. The third kappa shape index (κ3) is 4.51. The zero-order valence-electron chi connectivity index (χ0n) is 15.7. The fourth-order valence-electron chi connectivity index (χ4n) is 2.58. The Morgan fingerprint density at radius 3 is 1.73 bits per heavy atom. The van der Waals surface area contributed by atoms with Gasteiger partial charge in [-0.1, -0.05) is 26.0 Å². The molecule has 26 heavy (non-hydrogen) atoms. The van der Waals surface area contributed by atoms with E-state index < -0.39 is 0 Å². The number of rotatable bonds is 6. The molecule has 2 aromatic carbocycles. The Bertz CT molecular complexity index is 770. The molecule has 5 nitrogen and oxygen atoms in total. The van der Waals surface area contributed by atoms with E-state index in [-0.39, 0.29) is 0 Å². The van der Waals surface area contributed by atoms with Gasteiger partial charge in [0.25, 0.3) is 0 Å². The molecule has 1 aromatic heterocycles. The molecule has 0 saturated carbocycles. The van der Waals surface area contributed by atoms with Gasteiger partial charge < -0.3 is 15.5 Å². The summed E-state index contributed by atoms with van der Waals surface area (Å²) in [6, 6.07) is 18.5. The summed E-state index contributed by atoms with van der Waals surface area (Å²) in [5.41, 5.74) is 4.48. The van der Waals surface area contributed by atoms with Crippen LogP contribution in [-0.4, -0.2) is 24.1 Å². The highest BCUT2D eigenvalue weighted by Crippen LogP contribution is 2.22. The number of nitrogens with one attached hydrogen (secondary N) is 2. The van der Waals surface area contributed by atoms with Crippen LogP contribution in [0.4, 0.5) is 28.7 Å². The first-order chi connectivity index (χ1) is 12.5. The first kappa shape index (κ1) is 17.7. The molecule has 0 aliphatic heterocycles. The Labute approximate surface area is 155 Å². The summed E-state index contributed by atoms with van der Waals surface area (Å²) in [6.45, 7) is 4.38. The summed E-state index contributed by atoms with van der Waals surface area (Å²) < 4.78 is 0. The lowest BCUT2D eigenvalue weighted by Crippen LogP contribution is -2.08. The van der Waals surface area contributed by atoms with Gasteiger partial charge >= 0.3 is 0 Å². The van der Waals surface area contributed by atoms with Crippen LogP contribution >= 0.6 is 0 Å². The minimum Gasteiger partial charge on any atom is -0.378 e. The lowest BCUT2D eigenvalue weighted by atomic mass is 10.0.